The Bertz CT molecular complexity index is 500. The zero-order valence-electron chi connectivity index (χ0n) is 13.6. The summed E-state index contributed by atoms with van der Waals surface area (Å²) in [5.74, 6) is -0.0729. The summed E-state index contributed by atoms with van der Waals surface area (Å²) in [4.78, 5) is 26.7. The van der Waals surface area contributed by atoms with E-state index in [4.69, 9.17) is 0 Å². The monoisotopic (exact) mass is 304 g/mol. The minimum Gasteiger partial charge on any atom is -0.349 e. The van der Waals surface area contributed by atoms with E-state index >= 15 is 0 Å². The van der Waals surface area contributed by atoms with Gasteiger partial charge in [0, 0.05) is 18.3 Å². The fourth-order valence-electron chi connectivity index (χ4n) is 2.15. The molecule has 22 heavy (non-hydrogen) atoms. The van der Waals surface area contributed by atoms with Crippen LogP contribution in [0.3, 0.4) is 0 Å². The van der Waals surface area contributed by atoms with E-state index < -0.39 is 0 Å². The minimum absolute atomic E-state index is 0.0269. The first-order chi connectivity index (χ1) is 10.4. The Hall–Kier alpha value is -2.14. The van der Waals surface area contributed by atoms with Gasteiger partial charge in [-0.05, 0) is 26.0 Å². The molecular weight excluding hydrogens is 278 g/mol. The topological polar surface area (TPSA) is 53.9 Å². The lowest BCUT2D eigenvalue weighted by Gasteiger charge is -2.23. The molecule has 0 fully saturated rings. The highest BCUT2D eigenvalue weighted by Gasteiger charge is 2.20. The van der Waals surface area contributed by atoms with E-state index in [1.54, 1.807) is 11.0 Å². The molecule has 0 saturated heterocycles. The number of carbonyl (C=O) groups is 2. The Kier molecular flexibility index (Phi) is 7.32. The average Bonchev–Trinajstić information content (AvgIpc) is 2.44. The highest BCUT2D eigenvalue weighted by atomic mass is 16.2. The third-order valence-corrected chi connectivity index (χ3v) is 3.05. The van der Waals surface area contributed by atoms with Crippen molar-refractivity contribution in [2.24, 2.45) is 0 Å². The quantitative estimate of drug-likeness (QED) is 0.676. The van der Waals surface area contributed by atoms with Gasteiger partial charge < -0.3 is 15.1 Å². The number of amides is 2. The van der Waals surface area contributed by atoms with E-state index in [2.05, 4.69) is 11.9 Å². The van der Waals surface area contributed by atoms with Crippen LogP contribution in [0, 0.1) is 0 Å². The number of likely N-dealkylation sites (N-methyl/N-ethyl adjacent to an activating group) is 1. The molecule has 0 saturated carbocycles. The molecule has 0 spiro atoms. The molecule has 120 valence electrons. The number of carbonyl (C=O) groups excluding carboxylic acids is 2. The zero-order valence-corrected chi connectivity index (χ0v) is 13.6. The van der Waals surface area contributed by atoms with Crippen LogP contribution in [-0.2, 0) is 9.59 Å². The summed E-state index contributed by atoms with van der Waals surface area (Å²) in [6, 6.07) is 9.59. The molecule has 0 aliphatic heterocycles. The minimum atomic E-state index is -0.0460. The average molecular weight is 304 g/mol. The molecule has 0 heterocycles. The number of hydrogen-bond acceptors (Lipinski definition) is 2. The number of benzene rings is 1. The van der Waals surface area contributed by atoms with Gasteiger partial charge >= 0.3 is 0 Å². The Labute approximate surface area is 132 Å². The molecule has 5 heteroatoms. The van der Waals surface area contributed by atoms with Gasteiger partial charge in [-0.2, -0.15) is 0 Å². The highest BCUT2D eigenvalue weighted by Crippen LogP contribution is 2.12. The van der Waals surface area contributed by atoms with Gasteiger partial charge in [0.05, 0.1) is 7.05 Å². The molecule has 1 atom stereocenters. The number of nitrogens with zero attached hydrogens (tertiary/aromatic N) is 1. The first-order valence-corrected chi connectivity index (χ1v) is 7.51. The van der Waals surface area contributed by atoms with Crippen molar-refractivity contribution in [2.45, 2.75) is 19.9 Å². The maximum absolute atomic E-state index is 12.5. The van der Waals surface area contributed by atoms with Gasteiger partial charge in [-0.25, -0.2) is 0 Å². The summed E-state index contributed by atoms with van der Waals surface area (Å²) in [5, 5.41) is 2.83. The molecule has 5 nitrogen and oxygen atoms in total. The third-order valence-electron chi connectivity index (χ3n) is 3.05. The molecule has 0 bridgehead atoms. The van der Waals surface area contributed by atoms with Crippen LogP contribution < -0.4 is 15.1 Å². The normalized spacial score (nSPS) is 11.8. The second-order valence-corrected chi connectivity index (χ2v) is 5.66. The summed E-state index contributed by atoms with van der Waals surface area (Å²) in [7, 11) is 1.84. The first-order valence-electron chi connectivity index (χ1n) is 7.51. The van der Waals surface area contributed by atoms with Crippen molar-refractivity contribution in [3.05, 3.63) is 43.0 Å². The molecule has 2 amide bonds. The molecule has 1 unspecified atom stereocenters. The Morgan fingerprint density at radius 1 is 1.27 bits per heavy atom. The van der Waals surface area contributed by atoms with Crippen molar-refractivity contribution in [1.29, 1.82) is 0 Å². The van der Waals surface area contributed by atoms with Crippen molar-refractivity contribution in [3.8, 4) is 0 Å². The van der Waals surface area contributed by atoms with Crippen LogP contribution in [0.2, 0.25) is 0 Å². The van der Waals surface area contributed by atoms with E-state index in [1.807, 2.05) is 51.2 Å². The van der Waals surface area contributed by atoms with Gasteiger partial charge in [0.25, 0.3) is 11.8 Å². The smallest absolute Gasteiger partial charge is 0.282 e. The van der Waals surface area contributed by atoms with Gasteiger partial charge in [-0.1, -0.05) is 24.3 Å². The fraction of sp³-hybridized carbons (Fsp3) is 0.412. The Morgan fingerprint density at radius 2 is 1.91 bits per heavy atom. The Morgan fingerprint density at radius 3 is 2.45 bits per heavy atom. The lowest BCUT2D eigenvalue weighted by molar-refractivity contribution is -0.862. The molecule has 0 aliphatic rings. The van der Waals surface area contributed by atoms with Crippen LogP contribution in [0.25, 0.3) is 0 Å². The van der Waals surface area contributed by atoms with Gasteiger partial charge in [-0.3, -0.25) is 9.59 Å². The van der Waals surface area contributed by atoms with Crippen molar-refractivity contribution < 1.29 is 14.5 Å². The molecule has 0 radical (unpaired) electrons. The molecule has 0 aliphatic carbocycles. The second kappa shape index (κ2) is 9.00. The van der Waals surface area contributed by atoms with E-state index in [9.17, 15) is 9.59 Å². The molecule has 1 aromatic rings. The summed E-state index contributed by atoms with van der Waals surface area (Å²) in [6.07, 6.45) is 1.70. The first kappa shape index (κ1) is 17.9. The predicted octanol–water partition coefficient (Wildman–Crippen LogP) is 0.245. The van der Waals surface area contributed by atoms with Crippen LogP contribution in [0.15, 0.2) is 43.0 Å². The number of nitrogens with one attached hydrogen (secondary N) is 2. The van der Waals surface area contributed by atoms with Crippen LogP contribution in [0.5, 0.6) is 0 Å². The fourth-order valence-corrected chi connectivity index (χ4v) is 2.15. The van der Waals surface area contributed by atoms with Crippen molar-refractivity contribution in [1.82, 2.24) is 5.32 Å². The number of para-hydroxylation sites is 1. The van der Waals surface area contributed by atoms with Gasteiger partial charge in [0.15, 0.2) is 13.1 Å². The standard InChI is InChI=1S/C17H25N3O2/c1-5-11-20(15-9-7-6-8-10-15)17(22)13-19(4)12-16(21)18-14(2)3/h5-10,14H,1,11-13H2,2-4H3,(H,18,21)/p+1. The van der Waals surface area contributed by atoms with Crippen LogP contribution in [0.4, 0.5) is 5.69 Å². The predicted molar refractivity (Wildman–Crippen MR) is 88.9 cm³/mol. The Balaban J connectivity index is 2.64. The second-order valence-electron chi connectivity index (χ2n) is 5.66. The number of rotatable bonds is 8. The summed E-state index contributed by atoms with van der Waals surface area (Å²) in [5.41, 5.74) is 0.840. The summed E-state index contributed by atoms with van der Waals surface area (Å²) in [6.45, 7) is 8.53. The number of hydrogen-bond donors (Lipinski definition) is 2. The van der Waals surface area contributed by atoms with Gasteiger partial charge in [0.1, 0.15) is 0 Å². The summed E-state index contributed by atoms with van der Waals surface area (Å²) < 4.78 is 0. The maximum Gasteiger partial charge on any atom is 0.282 e. The lowest BCUT2D eigenvalue weighted by atomic mass is 10.2. The van der Waals surface area contributed by atoms with Crippen molar-refractivity contribution in [3.63, 3.8) is 0 Å². The largest absolute Gasteiger partial charge is 0.349 e. The molecule has 2 N–H and O–H groups in total. The van der Waals surface area contributed by atoms with Crippen LogP contribution in [-0.4, -0.2) is 44.5 Å². The third kappa shape index (κ3) is 6.10. The summed E-state index contributed by atoms with van der Waals surface area (Å²) >= 11 is 0. The maximum atomic E-state index is 12.5. The van der Waals surface area contributed by atoms with Gasteiger partial charge in [-0.15, -0.1) is 6.58 Å². The molecule has 1 rings (SSSR count). The number of anilines is 1. The van der Waals surface area contributed by atoms with E-state index in [1.165, 1.54) is 0 Å². The van der Waals surface area contributed by atoms with E-state index in [-0.39, 0.29) is 30.9 Å². The van der Waals surface area contributed by atoms with E-state index in [0.29, 0.717) is 6.54 Å². The van der Waals surface area contributed by atoms with Crippen molar-refractivity contribution >= 4 is 17.5 Å². The van der Waals surface area contributed by atoms with Gasteiger partial charge in [0.2, 0.25) is 0 Å². The van der Waals surface area contributed by atoms with Crippen LogP contribution >= 0.6 is 0 Å². The van der Waals surface area contributed by atoms with Crippen molar-refractivity contribution in [2.75, 3.05) is 31.6 Å². The molecular formula is C17H26N3O2+. The SMILES string of the molecule is C=CCN(C(=O)C[NH+](C)CC(=O)NC(C)C)c1ccccc1. The molecule has 1 aromatic carbocycles. The van der Waals surface area contributed by atoms with E-state index in [0.717, 1.165) is 10.6 Å². The number of quaternary nitrogens is 1. The molecule has 0 aromatic heterocycles. The highest BCUT2D eigenvalue weighted by molar-refractivity contribution is 5.94. The lowest BCUT2D eigenvalue weighted by Crippen LogP contribution is -3.11. The zero-order chi connectivity index (χ0) is 16.5. The van der Waals surface area contributed by atoms with Crippen LogP contribution in [0.1, 0.15) is 13.8 Å².